The van der Waals surface area contributed by atoms with Crippen molar-refractivity contribution in [1.29, 1.82) is 0 Å². The Morgan fingerprint density at radius 3 is 3.14 bits per heavy atom. The number of pyridine rings is 1. The summed E-state index contributed by atoms with van der Waals surface area (Å²) in [6.07, 6.45) is 3.08. The third-order valence-electron chi connectivity index (χ3n) is 3.95. The monoisotopic (exact) mass is 346 g/mol. The van der Waals surface area contributed by atoms with Crippen molar-refractivity contribution in [2.45, 2.75) is 25.3 Å². The van der Waals surface area contributed by atoms with Gasteiger partial charge in [-0.25, -0.2) is 0 Å². The molecular weight excluding hydrogens is 331 g/mol. The van der Waals surface area contributed by atoms with Crippen molar-refractivity contribution in [2.75, 3.05) is 5.32 Å². The Balaban J connectivity index is 1.70. The Morgan fingerprint density at radius 2 is 2.19 bits per heavy atom. The molecule has 0 fully saturated rings. The number of anilines is 1. The Hall–Kier alpha value is -1.91. The van der Waals surface area contributed by atoms with Crippen LogP contribution in [0.4, 0.5) is 17.1 Å². The van der Waals surface area contributed by atoms with E-state index in [1.807, 2.05) is 18.2 Å². The molecule has 5 nitrogen and oxygen atoms in total. The summed E-state index contributed by atoms with van der Waals surface area (Å²) < 4.78 is 8.93. The van der Waals surface area contributed by atoms with Crippen LogP contribution in [0.25, 0.3) is 0 Å². The van der Waals surface area contributed by atoms with Crippen LogP contribution < -0.4 is 10.9 Å². The molecule has 1 aromatic heterocycles. The van der Waals surface area contributed by atoms with Gasteiger partial charge in [0, 0.05) is 0 Å². The van der Waals surface area contributed by atoms with Crippen molar-refractivity contribution in [2.24, 2.45) is 7.92 Å². The molecule has 0 bridgehead atoms. The third kappa shape index (κ3) is 2.30. The number of nitrogens with one attached hydrogen (secondary N) is 2. The van der Waals surface area contributed by atoms with Gasteiger partial charge in [-0.2, -0.15) is 0 Å². The molecule has 1 atom stereocenters. The second-order valence-electron chi connectivity index (χ2n) is 5.28. The number of benzene rings is 1. The van der Waals surface area contributed by atoms with Crippen LogP contribution >= 0.6 is 0 Å². The van der Waals surface area contributed by atoms with Gasteiger partial charge in [0.15, 0.2) is 0 Å². The topological polar surface area (TPSA) is 69.6 Å². The minimum atomic E-state index is -0.0218. The van der Waals surface area contributed by atoms with Gasteiger partial charge in [0.2, 0.25) is 0 Å². The fourth-order valence-corrected chi connectivity index (χ4v) is 4.11. The van der Waals surface area contributed by atoms with Gasteiger partial charge >= 0.3 is 127 Å². The van der Waals surface area contributed by atoms with Gasteiger partial charge in [-0.1, -0.05) is 0 Å². The van der Waals surface area contributed by atoms with Crippen LogP contribution in [0.1, 0.15) is 30.1 Å². The van der Waals surface area contributed by atoms with E-state index in [1.54, 1.807) is 6.07 Å². The van der Waals surface area contributed by atoms with E-state index in [4.69, 9.17) is 0 Å². The number of aromatic nitrogens is 1. The van der Waals surface area contributed by atoms with E-state index in [0.717, 1.165) is 42.0 Å². The number of hydrogen-bond acceptors (Lipinski definition) is 4. The molecule has 0 amide bonds. The molecular formula is C15H14N4OSe. The van der Waals surface area contributed by atoms with E-state index in [1.165, 1.54) is 5.56 Å². The van der Waals surface area contributed by atoms with E-state index >= 15 is 0 Å². The molecule has 21 heavy (non-hydrogen) atoms. The molecule has 1 aromatic carbocycles. The number of H-pyrrole nitrogens is 1. The van der Waals surface area contributed by atoms with Crippen LogP contribution in [-0.4, -0.2) is 19.6 Å². The molecule has 106 valence electrons. The summed E-state index contributed by atoms with van der Waals surface area (Å²) in [5.41, 5.74) is 5.24. The standard InChI is InChI=1S/C15H14N4OSe/c20-14-8-7-9-10(3-1-4-11(9)17-14)16-12-5-2-6-13-15(12)19-21-18-13/h2,5-8,10,16H,1,3-4H2,(H,17,20). The van der Waals surface area contributed by atoms with Crippen molar-refractivity contribution in [3.63, 3.8) is 0 Å². The summed E-state index contributed by atoms with van der Waals surface area (Å²) in [6.45, 7) is 0. The Labute approximate surface area is 127 Å². The van der Waals surface area contributed by atoms with Crippen LogP contribution in [-0.2, 0) is 6.42 Å². The van der Waals surface area contributed by atoms with Crippen LogP contribution in [0, 0.1) is 0 Å². The quantitative estimate of drug-likeness (QED) is 0.700. The molecule has 1 aliphatic carbocycles. The van der Waals surface area contributed by atoms with Crippen molar-refractivity contribution in [1.82, 2.24) is 4.98 Å². The van der Waals surface area contributed by atoms with Crippen LogP contribution in [0.2, 0.25) is 0 Å². The molecule has 1 aliphatic heterocycles. The van der Waals surface area contributed by atoms with Crippen molar-refractivity contribution < 1.29 is 0 Å². The Morgan fingerprint density at radius 1 is 1.24 bits per heavy atom. The van der Waals surface area contributed by atoms with Gasteiger partial charge in [0.1, 0.15) is 0 Å². The van der Waals surface area contributed by atoms with E-state index in [9.17, 15) is 4.79 Å². The zero-order valence-electron chi connectivity index (χ0n) is 11.3. The van der Waals surface area contributed by atoms with Gasteiger partial charge in [-0.15, -0.1) is 0 Å². The van der Waals surface area contributed by atoms with E-state index in [2.05, 4.69) is 24.3 Å². The first-order chi connectivity index (χ1) is 10.3. The second-order valence-corrected chi connectivity index (χ2v) is 6.39. The fraction of sp³-hybridized carbons (Fsp3) is 0.267. The zero-order valence-corrected chi connectivity index (χ0v) is 13.0. The predicted molar refractivity (Wildman–Crippen MR) is 82.7 cm³/mol. The molecule has 0 saturated heterocycles. The van der Waals surface area contributed by atoms with Crippen molar-refractivity contribution >= 4 is 31.6 Å². The number of aryl methyl sites for hydroxylation is 1. The van der Waals surface area contributed by atoms with E-state index in [-0.39, 0.29) is 26.2 Å². The normalized spacial score (nSPS) is 18.8. The average Bonchev–Trinajstić information content (AvgIpc) is 2.97. The average molecular weight is 345 g/mol. The molecule has 4 rings (SSSR count). The number of aromatic amines is 1. The molecule has 0 spiro atoms. The molecule has 2 N–H and O–H groups in total. The summed E-state index contributed by atoms with van der Waals surface area (Å²) in [4.78, 5) is 14.4. The van der Waals surface area contributed by atoms with E-state index < -0.39 is 0 Å². The maximum absolute atomic E-state index is 11.5. The van der Waals surface area contributed by atoms with Gasteiger partial charge in [0.05, 0.1) is 0 Å². The van der Waals surface area contributed by atoms with Gasteiger partial charge < -0.3 is 0 Å². The van der Waals surface area contributed by atoms with Crippen LogP contribution in [0.5, 0.6) is 0 Å². The maximum atomic E-state index is 11.5. The molecule has 0 saturated carbocycles. The van der Waals surface area contributed by atoms with Gasteiger partial charge in [-0.05, 0) is 0 Å². The SMILES string of the molecule is O=c1ccc2c([nH]1)CCCC2Nc1cccc2c1N=[Se]=N2. The first-order valence-corrected chi connectivity index (χ1v) is 8.54. The van der Waals surface area contributed by atoms with E-state index in [0.29, 0.717) is 0 Å². The number of hydrogen-bond donors (Lipinski definition) is 2. The second kappa shape index (κ2) is 5.13. The van der Waals surface area contributed by atoms with Crippen molar-refractivity contribution in [3.05, 3.63) is 51.9 Å². The molecule has 0 radical (unpaired) electrons. The fourth-order valence-electron chi connectivity index (χ4n) is 2.96. The summed E-state index contributed by atoms with van der Waals surface area (Å²) >= 11 is -0.0180. The van der Waals surface area contributed by atoms with Crippen molar-refractivity contribution in [3.8, 4) is 0 Å². The van der Waals surface area contributed by atoms with Crippen LogP contribution in [0.15, 0.2) is 43.1 Å². The minimum absolute atomic E-state index is 0.0180. The molecule has 2 aliphatic rings. The Bertz CT molecular complexity index is 836. The molecule has 2 heterocycles. The summed E-state index contributed by atoms with van der Waals surface area (Å²) in [6, 6.07) is 9.85. The summed E-state index contributed by atoms with van der Waals surface area (Å²) in [5.74, 6) is 0. The predicted octanol–water partition coefficient (Wildman–Crippen LogP) is 3.21. The summed E-state index contributed by atoms with van der Waals surface area (Å²) in [5, 5.41) is 3.59. The first kappa shape index (κ1) is 12.8. The Kier molecular flexibility index (Phi) is 3.13. The van der Waals surface area contributed by atoms with Crippen LogP contribution in [0.3, 0.4) is 0 Å². The molecule has 6 heteroatoms. The number of rotatable bonds is 2. The summed E-state index contributed by atoms with van der Waals surface area (Å²) in [7, 11) is 0. The van der Waals surface area contributed by atoms with Gasteiger partial charge in [-0.3, -0.25) is 0 Å². The number of nitrogens with zero attached hydrogens (tertiary/aromatic N) is 2. The third-order valence-corrected chi connectivity index (χ3v) is 5.09. The number of fused-ring (bicyclic) bond motifs is 2. The first-order valence-electron chi connectivity index (χ1n) is 7.01. The molecule has 1 unspecified atom stereocenters. The zero-order chi connectivity index (χ0) is 14.2. The molecule has 2 aromatic rings. The van der Waals surface area contributed by atoms with Gasteiger partial charge in [0.25, 0.3) is 0 Å².